The van der Waals surface area contributed by atoms with E-state index >= 15 is 0 Å². The fraction of sp³-hybridized carbons (Fsp3) is 0.329. The number of nitrogens with zero attached hydrogens (tertiary/aromatic N) is 19. The van der Waals surface area contributed by atoms with E-state index in [4.69, 9.17) is 10.5 Å². The molecule has 1 saturated carbocycles. The number of rotatable bonds is 11. The van der Waals surface area contributed by atoms with E-state index in [0.717, 1.165) is 144 Å². The Kier molecular flexibility index (Phi) is 17.0. The number of likely N-dealkylation sites (N-methyl/N-ethyl adjacent to an activating group) is 1. The second-order valence-corrected chi connectivity index (χ2v) is 29.6. The van der Waals surface area contributed by atoms with Gasteiger partial charge in [0.25, 0.3) is 0 Å². The zero-order chi connectivity index (χ0) is 70.0. The van der Waals surface area contributed by atoms with Gasteiger partial charge in [-0.1, -0.05) is 69.5 Å². The maximum absolute atomic E-state index is 13.5. The van der Waals surface area contributed by atoms with Crippen LogP contribution in [0.1, 0.15) is 93.5 Å². The van der Waals surface area contributed by atoms with Crippen LogP contribution in [0.2, 0.25) is 0 Å². The zero-order valence-electron chi connectivity index (χ0n) is 58.9. The van der Waals surface area contributed by atoms with Gasteiger partial charge < -0.3 is 38.6 Å². The topological polar surface area (TPSA) is 192 Å². The van der Waals surface area contributed by atoms with Crippen molar-refractivity contribution < 1.29 is 4.39 Å². The number of hydrogen-bond donors (Lipinski definition) is 1. The Hall–Kier alpha value is -11.3. The first kappa shape index (κ1) is 65.1. The SMILES string of the molecule is CC[C@@H](C)NC[C@@H]1CCN(c2ccc3c(c2)Cn2cc(-c4ccc(F)cc4)cc2-c2ncnn2-3)C1.C[C@H]1CN(c2ccc3c(c2)Cn2cc(-c4ccc(C#N)cc4)cc2-c2nncn2-3)C[C@@H]1N(C)C.N#Cc1ccc(-c2cc3n(c2)Cc2cc(N4CC5(CCCCC5)C4)ccc2-n2nnnc2-3)cc1. The number of benzene rings is 6. The third-order valence-corrected chi connectivity index (χ3v) is 22.7. The standard InChI is InChI=1S/C28H31FN6.C27H25N7.C27H27N7/c1-3-19(2)30-14-20-10-11-33(15-20)25-8-9-26-23(12-25)17-34-16-22(21-4-6-24(29)7-5-21)13-27(34)28-31-18-32-35(26)28;28-14-19-4-6-20(7-5-19)21-13-25-26-29-30-31-34(26)24-9-8-23(12-22(24)16-32(25)15-21)33-17-27(18-33)10-2-1-3-11-27;1-18-13-32(16-26(18)31(2)3)23-8-9-24-22(10-23)15-33-14-21(20-6-4-19(12-28)5-7-20)11-25(33)27-30-29-17-34(24)27/h4-9,12-13,16,18-20,30H,3,10-11,14-15,17H2,1-2H3;4-9,12-13,15H,1-3,10-11,16-18H2;4-11,14,17-18,26H,13,15-16H2,1-3H3/t19-,20+;;18-,26-/m1.0/s1. The lowest BCUT2D eigenvalue weighted by atomic mass is 9.68. The lowest BCUT2D eigenvalue weighted by Crippen LogP contribution is -2.57. The maximum atomic E-state index is 13.5. The van der Waals surface area contributed by atoms with Crippen molar-refractivity contribution in [1.82, 2.24) is 73.7 Å². The molecular formula is C82H83FN20. The predicted octanol–water partition coefficient (Wildman–Crippen LogP) is 13.9. The highest BCUT2D eigenvalue weighted by molar-refractivity contribution is 5.76. The van der Waals surface area contributed by atoms with E-state index in [-0.39, 0.29) is 5.82 Å². The molecule has 103 heavy (non-hydrogen) atoms. The van der Waals surface area contributed by atoms with Gasteiger partial charge in [-0.15, -0.1) is 15.3 Å². The molecule has 6 aromatic heterocycles. The Bertz CT molecular complexity index is 5190. The first-order valence-corrected chi connectivity index (χ1v) is 36.3. The van der Waals surface area contributed by atoms with Crippen LogP contribution in [0.5, 0.6) is 0 Å². The van der Waals surface area contributed by atoms with Crippen molar-refractivity contribution in [2.45, 2.75) is 97.4 Å². The summed E-state index contributed by atoms with van der Waals surface area (Å²) in [5.74, 6) is 3.49. The molecule has 3 saturated heterocycles. The monoisotopic (exact) mass is 1370 g/mol. The summed E-state index contributed by atoms with van der Waals surface area (Å²) in [5, 5.41) is 47.9. The van der Waals surface area contributed by atoms with Crippen molar-refractivity contribution in [3.05, 3.63) is 210 Å². The number of anilines is 3. The molecular weight excluding hydrogens is 1280 g/mol. The van der Waals surface area contributed by atoms with Gasteiger partial charge in [-0.05, 0) is 218 Å². The van der Waals surface area contributed by atoms with Crippen LogP contribution < -0.4 is 20.0 Å². The minimum absolute atomic E-state index is 0.226. The minimum Gasteiger partial charge on any atom is -0.371 e. The molecule has 19 rings (SSSR count). The zero-order valence-corrected chi connectivity index (χ0v) is 58.9. The molecule has 518 valence electrons. The molecule has 0 bridgehead atoms. The Morgan fingerprint density at radius 3 is 1.72 bits per heavy atom. The molecule has 20 nitrogen and oxygen atoms in total. The van der Waals surface area contributed by atoms with Crippen LogP contribution in [0, 0.1) is 45.7 Å². The molecule has 6 aromatic carbocycles. The highest BCUT2D eigenvalue weighted by atomic mass is 19.1. The van der Waals surface area contributed by atoms with Crippen LogP contribution in [0.25, 0.3) is 85.0 Å². The van der Waals surface area contributed by atoms with Crippen molar-refractivity contribution in [2.24, 2.45) is 17.3 Å². The Morgan fingerprint density at radius 1 is 0.592 bits per heavy atom. The van der Waals surface area contributed by atoms with Crippen molar-refractivity contribution in [1.29, 1.82) is 10.5 Å². The van der Waals surface area contributed by atoms with E-state index in [2.05, 4.69) is 217 Å². The fourth-order valence-electron chi connectivity index (χ4n) is 16.8. The van der Waals surface area contributed by atoms with Gasteiger partial charge in [-0.25, -0.2) is 14.1 Å². The number of halogens is 1. The third-order valence-electron chi connectivity index (χ3n) is 22.7. The van der Waals surface area contributed by atoms with Crippen molar-refractivity contribution in [2.75, 3.05) is 74.6 Å². The molecule has 1 N–H and O–H groups in total. The molecule has 12 aromatic rings. The van der Waals surface area contributed by atoms with Crippen LogP contribution in [0.3, 0.4) is 0 Å². The second kappa shape index (κ2) is 26.9. The first-order valence-electron chi connectivity index (χ1n) is 36.3. The molecule has 4 fully saturated rings. The van der Waals surface area contributed by atoms with Gasteiger partial charge in [-0.2, -0.15) is 20.3 Å². The number of nitrogens with one attached hydrogen (secondary N) is 1. The normalized spacial score (nSPS) is 18.1. The van der Waals surface area contributed by atoms with Crippen molar-refractivity contribution in [3.8, 4) is 97.1 Å². The maximum Gasteiger partial charge on any atom is 0.203 e. The summed E-state index contributed by atoms with van der Waals surface area (Å²) in [7, 11) is 4.35. The van der Waals surface area contributed by atoms with Crippen LogP contribution in [-0.4, -0.2) is 140 Å². The molecule has 0 unspecified atom stereocenters. The number of hydrogen-bond acceptors (Lipinski definition) is 14. The number of nitriles is 2. The molecule has 4 atom stereocenters. The highest BCUT2D eigenvalue weighted by Crippen LogP contribution is 2.47. The van der Waals surface area contributed by atoms with Crippen LogP contribution in [0.4, 0.5) is 21.5 Å². The number of aromatic nitrogens is 13. The second-order valence-electron chi connectivity index (χ2n) is 29.6. The van der Waals surface area contributed by atoms with Gasteiger partial charge in [-0.3, -0.25) is 4.57 Å². The lowest BCUT2D eigenvalue weighted by Gasteiger charge is -2.53. The van der Waals surface area contributed by atoms with Crippen molar-refractivity contribution >= 4 is 17.1 Å². The average Bonchev–Trinajstić information content (AvgIpc) is 1.72. The smallest absolute Gasteiger partial charge is 0.203 e. The van der Waals surface area contributed by atoms with E-state index in [1.54, 1.807) is 12.7 Å². The average molecular weight is 1370 g/mol. The number of fused-ring (bicyclic) bond motifs is 15. The molecule has 21 heteroatoms. The van der Waals surface area contributed by atoms with Crippen LogP contribution >= 0.6 is 0 Å². The summed E-state index contributed by atoms with van der Waals surface area (Å²) in [6.45, 7) is 16.8. The largest absolute Gasteiger partial charge is 0.371 e. The third kappa shape index (κ3) is 12.4. The van der Waals surface area contributed by atoms with Gasteiger partial charge in [0.1, 0.15) is 18.5 Å². The minimum atomic E-state index is -0.226. The summed E-state index contributed by atoms with van der Waals surface area (Å²) < 4.78 is 26.1. The van der Waals surface area contributed by atoms with Crippen LogP contribution in [0.15, 0.2) is 177 Å². The Labute approximate surface area is 599 Å². The van der Waals surface area contributed by atoms with E-state index in [9.17, 15) is 4.39 Å². The van der Waals surface area contributed by atoms with Gasteiger partial charge >= 0.3 is 0 Å². The van der Waals surface area contributed by atoms with Gasteiger partial charge in [0, 0.05) is 129 Å². The summed E-state index contributed by atoms with van der Waals surface area (Å²) in [5.41, 5.74) is 22.1. The molecule has 1 spiro atoms. The Balaban J connectivity index is 0.000000115. The summed E-state index contributed by atoms with van der Waals surface area (Å²) in [6.07, 6.45) is 19.2. The molecule has 0 amide bonds. The van der Waals surface area contributed by atoms with E-state index in [0.29, 0.717) is 40.5 Å². The van der Waals surface area contributed by atoms with Gasteiger partial charge in [0.2, 0.25) is 5.82 Å². The van der Waals surface area contributed by atoms with Gasteiger partial charge in [0.15, 0.2) is 11.6 Å². The molecule has 0 radical (unpaired) electrons. The Morgan fingerprint density at radius 2 is 1.14 bits per heavy atom. The van der Waals surface area contributed by atoms with Gasteiger partial charge in [0.05, 0.1) is 57.4 Å². The summed E-state index contributed by atoms with van der Waals surface area (Å²) >= 11 is 0. The van der Waals surface area contributed by atoms with Crippen LogP contribution in [-0.2, 0) is 19.6 Å². The number of tetrazole rings is 1. The summed E-state index contributed by atoms with van der Waals surface area (Å²) in [6, 6.07) is 54.2. The lowest BCUT2D eigenvalue weighted by molar-refractivity contribution is 0.139. The molecule has 7 aliphatic rings. The molecule has 1 aliphatic carbocycles. The first-order chi connectivity index (χ1) is 50.3. The van der Waals surface area contributed by atoms with E-state index < -0.39 is 0 Å². The molecule has 6 aliphatic heterocycles. The highest BCUT2D eigenvalue weighted by Gasteiger charge is 2.44. The molecule has 12 heterocycles. The fourth-order valence-corrected chi connectivity index (χ4v) is 16.8. The van der Waals surface area contributed by atoms with E-state index in [1.165, 1.54) is 97.5 Å². The quantitative estimate of drug-likeness (QED) is 0.129. The summed E-state index contributed by atoms with van der Waals surface area (Å²) in [4.78, 5) is 14.5. The van der Waals surface area contributed by atoms with Crippen molar-refractivity contribution in [3.63, 3.8) is 0 Å². The van der Waals surface area contributed by atoms with E-state index in [1.807, 2.05) is 70.0 Å². The predicted molar refractivity (Wildman–Crippen MR) is 400 cm³/mol.